The Kier molecular flexibility index (Phi) is 10.5. The number of rotatable bonds is 10. The van der Waals surface area contributed by atoms with Crippen molar-refractivity contribution >= 4 is 11.9 Å². The van der Waals surface area contributed by atoms with Crippen LogP contribution in [0.15, 0.2) is 0 Å². The molecule has 0 aromatic rings. The molecule has 1 unspecified atom stereocenters. The molecular weight excluding hydrogens is 304 g/mol. The van der Waals surface area contributed by atoms with Crippen molar-refractivity contribution in [1.29, 1.82) is 0 Å². The van der Waals surface area contributed by atoms with E-state index >= 15 is 0 Å². The van der Waals surface area contributed by atoms with E-state index in [1.54, 1.807) is 0 Å². The number of carbonyl (C=O) groups excluding carboxylic acids is 2. The summed E-state index contributed by atoms with van der Waals surface area (Å²) in [7, 11) is 0. The van der Waals surface area contributed by atoms with Gasteiger partial charge in [0.25, 0.3) is 0 Å². The first-order valence-corrected chi connectivity index (χ1v) is 9.61. The van der Waals surface area contributed by atoms with Crippen LogP contribution in [-0.2, 0) is 4.79 Å². The molecule has 1 aliphatic rings. The van der Waals surface area contributed by atoms with Crippen LogP contribution in [0.3, 0.4) is 0 Å². The van der Waals surface area contributed by atoms with Crippen molar-refractivity contribution in [3.63, 3.8) is 0 Å². The molecule has 0 spiro atoms. The second-order valence-electron chi connectivity index (χ2n) is 6.71. The number of amides is 3. The Morgan fingerprint density at radius 1 is 1.08 bits per heavy atom. The summed E-state index contributed by atoms with van der Waals surface area (Å²) in [6.45, 7) is 9.59. The monoisotopic (exact) mass is 340 g/mol. The van der Waals surface area contributed by atoms with Crippen molar-refractivity contribution in [3.05, 3.63) is 0 Å². The van der Waals surface area contributed by atoms with E-state index in [-0.39, 0.29) is 11.9 Å². The highest BCUT2D eigenvalue weighted by Crippen LogP contribution is 2.17. The van der Waals surface area contributed by atoms with Crippen LogP contribution in [0.2, 0.25) is 0 Å². The molecule has 3 amide bonds. The molecule has 0 aromatic carbocycles. The lowest BCUT2D eigenvalue weighted by Crippen LogP contribution is -2.43. The maximum Gasteiger partial charge on any atom is 0.315 e. The molecule has 0 heterocycles. The second kappa shape index (κ2) is 12.1. The molecular formula is C18H36N4O2. The van der Waals surface area contributed by atoms with Gasteiger partial charge < -0.3 is 16.0 Å². The van der Waals surface area contributed by atoms with E-state index in [0.717, 1.165) is 25.9 Å². The van der Waals surface area contributed by atoms with Crippen LogP contribution >= 0.6 is 0 Å². The van der Waals surface area contributed by atoms with E-state index in [9.17, 15) is 9.59 Å². The number of hydrogen-bond donors (Lipinski definition) is 3. The SMILES string of the molecule is CCN(CC)C(C)CNC(=O)CCCNC(=O)NC1CCCCC1. The summed E-state index contributed by atoms with van der Waals surface area (Å²) in [5.41, 5.74) is 0. The third-order valence-corrected chi connectivity index (χ3v) is 4.84. The van der Waals surface area contributed by atoms with Gasteiger partial charge in [-0.15, -0.1) is 0 Å². The second-order valence-corrected chi connectivity index (χ2v) is 6.71. The Hall–Kier alpha value is -1.30. The fourth-order valence-corrected chi connectivity index (χ4v) is 3.26. The highest BCUT2D eigenvalue weighted by molar-refractivity contribution is 5.76. The first-order chi connectivity index (χ1) is 11.6. The average Bonchev–Trinajstić information content (AvgIpc) is 2.59. The van der Waals surface area contributed by atoms with Crippen LogP contribution in [0, 0.1) is 0 Å². The third kappa shape index (κ3) is 8.52. The standard InChI is InChI=1S/C18H36N4O2/c1-4-22(5-2)15(3)14-20-17(23)12-9-13-19-18(24)21-16-10-7-6-8-11-16/h15-16H,4-14H2,1-3H3,(H,20,23)(H2,19,21,24). The minimum atomic E-state index is -0.0996. The lowest BCUT2D eigenvalue weighted by Gasteiger charge is -2.26. The predicted octanol–water partition coefficient (Wildman–Crippen LogP) is 2.25. The summed E-state index contributed by atoms with van der Waals surface area (Å²) in [5, 5.41) is 8.84. The molecule has 1 aliphatic carbocycles. The molecule has 6 nitrogen and oxygen atoms in total. The van der Waals surface area contributed by atoms with Crippen molar-refractivity contribution < 1.29 is 9.59 Å². The van der Waals surface area contributed by atoms with Gasteiger partial charge >= 0.3 is 6.03 Å². The predicted molar refractivity (Wildman–Crippen MR) is 98.0 cm³/mol. The largest absolute Gasteiger partial charge is 0.355 e. The number of nitrogens with one attached hydrogen (secondary N) is 3. The molecule has 0 radical (unpaired) electrons. The van der Waals surface area contributed by atoms with Gasteiger partial charge in [0.05, 0.1) is 0 Å². The normalized spacial score (nSPS) is 16.7. The minimum absolute atomic E-state index is 0.0588. The van der Waals surface area contributed by atoms with Crippen LogP contribution in [0.4, 0.5) is 4.79 Å². The summed E-state index contributed by atoms with van der Waals surface area (Å²) in [5.74, 6) is 0.0588. The Labute approximate surface area is 147 Å². The molecule has 3 N–H and O–H groups in total. The van der Waals surface area contributed by atoms with Crippen LogP contribution in [-0.4, -0.2) is 55.1 Å². The molecule has 1 fully saturated rings. The maximum atomic E-state index is 11.9. The van der Waals surface area contributed by atoms with Crippen molar-refractivity contribution in [2.75, 3.05) is 26.2 Å². The Morgan fingerprint density at radius 2 is 1.75 bits per heavy atom. The molecule has 0 bridgehead atoms. The van der Waals surface area contributed by atoms with E-state index in [1.165, 1.54) is 19.3 Å². The maximum absolute atomic E-state index is 11.9. The first kappa shape index (κ1) is 20.7. The quantitative estimate of drug-likeness (QED) is 0.534. The number of carbonyl (C=O) groups is 2. The van der Waals surface area contributed by atoms with Crippen molar-refractivity contribution in [1.82, 2.24) is 20.9 Å². The van der Waals surface area contributed by atoms with E-state index in [4.69, 9.17) is 0 Å². The van der Waals surface area contributed by atoms with Gasteiger partial charge in [-0.05, 0) is 39.3 Å². The Morgan fingerprint density at radius 3 is 2.38 bits per heavy atom. The van der Waals surface area contributed by atoms with Gasteiger partial charge in [-0.3, -0.25) is 9.69 Å². The lowest BCUT2D eigenvalue weighted by molar-refractivity contribution is -0.121. The summed E-state index contributed by atoms with van der Waals surface area (Å²) < 4.78 is 0. The third-order valence-electron chi connectivity index (χ3n) is 4.84. The van der Waals surface area contributed by atoms with Gasteiger partial charge in [0, 0.05) is 31.6 Å². The molecule has 1 rings (SSSR count). The van der Waals surface area contributed by atoms with E-state index in [2.05, 4.69) is 41.6 Å². The van der Waals surface area contributed by atoms with Gasteiger partial charge in [0.15, 0.2) is 0 Å². The molecule has 0 saturated heterocycles. The molecule has 1 atom stereocenters. The van der Waals surface area contributed by atoms with Crippen LogP contribution in [0.25, 0.3) is 0 Å². The summed E-state index contributed by atoms with van der Waals surface area (Å²) in [6, 6.07) is 0.574. The zero-order valence-electron chi connectivity index (χ0n) is 15.7. The van der Waals surface area contributed by atoms with E-state index in [1.807, 2.05) is 0 Å². The minimum Gasteiger partial charge on any atom is -0.355 e. The van der Waals surface area contributed by atoms with Crippen molar-refractivity contribution in [2.24, 2.45) is 0 Å². The van der Waals surface area contributed by atoms with Crippen molar-refractivity contribution in [3.8, 4) is 0 Å². The highest BCUT2D eigenvalue weighted by Gasteiger charge is 2.15. The van der Waals surface area contributed by atoms with Crippen LogP contribution in [0.5, 0.6) is 0 Å². The summed E-state index contributed by atoms with van der Waals surface area (Å²) in [6.07, 6.45) is 6.98. The Bertz CT molecular complexity index is 366. The fourth-order valence-electron chi connectivity index (χ4n) is 3.26. The molecule has 1 saturated carbocycles. The summed E-state index contributed by atoms with van der Waals surface area (Å²) in [4.78, 5) is 26.0. The lowest BCUT2D eigenvalue weighted by atomic mass is 9.96. The van der Waals surface area contributed by atoms with Gasteiger partial charge in [-0.25, -0.2) is 4.79 Å². The fraction of sp³-hybridized carbons (Fsp3) is 0.889. The molecule has 6 heteroatoms. The molecule has 0 aliphatic heterocycles. The van der Waals surface area contributed by atoms with Gasteiger partial charge in [0.2, 0.25) is 5.91 Å². The number of nitrogens with zero attached hydrogens (tertiary/aromatic N) is 1. The topological polar surface area (TPSA) is 73.5 Å². The van der Waals surface area contributed by atoms with E-state index in [0.29, 0.717) is 38.0 Å². The molecule has 140 valence electrons. The van der Waals surface area contributed by atoms with E-state index < -0.39 is 0 Å². The van der Waals surface area contributed by atoms with Crippen LogP contribution in [0.1, 0.15) is 65.7 Å². The smallest absolute Gasteiger partial charge is 0.315 e. The number of hydrogen-bond acceptors (Lipinski definition) is 3. The Balaban J connectivity index is 2.05. The van der Waals surface area contributed by atoms with Gasteiger partial charge in [-0.1, -0.05) is 33.1 Å². The summed E-state index contributed by atoms with van der Waals surface area (Å²) >= 11 is 0. The van der Waals surface area contributed by atoms with Crippen molar-refractivity contribution in [2.45, 2.75) is 77.8 Å². The first-order valence-electron chi connectivity index (χ1n) is 9.61. The number of likely N-dealkylation sites (N-methyl/N-ethyl adjacent to an activating group) is 1. The number of urea groups is 1. The molecule has 24 heavy (non-hydrogen) atoms. The van der Waals surface area contributed by atoms with Gasteiger partial charge in [0.1, 0.15) is 0 Å². The highest BCUT2D eigenvalue weighted by atomic mass is 16.2. The van der Waals surface area contributed by atoms with Gasteiger partial charge in [-0.2, -0.15) is 0 Å². The van der Waals surface area contributed by atoms with Crippen LogP contribution < -0.4 is 16.0 Å². The average molecular weight is 341 g/mol. The zero-order chi connectivity index (χ0) is 17.8. The zero-order valence-corrected chi connectivity index (χ0v) is 15.7. The molecule has 0 aromatic heterocycles.